The van der Waals surface area contributed by atoms with E-state index in [2.05, 4.69) is 5.10 Å². The lowest BCUT2D eigenvalue weighted by molar-refractivity contribution is -0.0297. The average Bonchev–Trinajstić information content (AvgIpc) is 2.86. The SMILES string of the molecule is CC(C)O[C@H]1CC[C@@H](Oc2c(N3CCN(S(=O)(=O)C(C)C)CC3)cnn(-c3cccc(Cl)c3)c2=O)CC1. The smallest absolute Gasteiger partial charge is 0.316 e. The zero-order valence-corrected chi connectivity index (χ0v) is 23.5. The zero-order chi connectivity index (χ0) is 26.7. The van der Waals surface area contributed by atoms with Crippen LogP contribution in [0.1, 0.15) is 53.4 Å². The van der Waals surface area contributed by atoms with Gasteiger partial charge < -0.3 is 14.4 Å². The van der Waals surface area contributed by atoms with Crippen LogP contribution in [-0.2, 0) is 14.8 Å². The van der Waals surface area contributed by atoms with Crippen LogP contribution < -0.4 is 15.2 Å². The Bertz CT molecular complexity index is 1230. The molecule has 0 unspecified atom stereocenters. The van der Waals surface area contributed by atoms with Gasteiger partial charge in [0.15, 0.2) is 0 Å². The minimum Gasteiger partial charge on any atom is -0.483 e. The second kappa shape index (κ2) is 11.7. The van der Waals surface area contributed by atoms with E-state index in [0.29, 0.717) is 42.6 Å². The van der Waals surface area contributed by atoms with E-state index in [1.165, 1.54) is 8.99 Å². The summed E-state index contributed by atoms with van der Waals surface area (Å²) >= 11 is 6.17. The number of sulfonamides is 1. The molecule has 204 valence electrons. The quantitative estimate of drug-likeness (QED) is 0.491. The highest BCUT2D eigenvalue weighted by molar-refractivity contribution is 7.89. The fourth-order valence-corrected chi connectivity index (χ4v) is 6.33. The van der Waals surface area contributed by atoms with Gasteiger partial charge in [-0.15, -0.1) is 0 Å². The van der Waals surface area contributed by atoms with Gasteiger partial charge in [-0.25, -0.2) is 8.42 Å². The molecule has 2 aliphatic rings. The summed E-state index contributed by atoms with van der Waals surface area (Å²) in [7, 11) is -3.34. The van der Waals surface area contributed by atoms with Crippen molar-refractivity contribution in [3.63, 3.8) is 0 Å². The molecule has 0 bridgehead atoms. The highest BCUT2D eigenvalue weighted by Crippen LogP contribution is 2.31. The van der Waals surface area contributed by atoms with E-state index >= 15 is 0 Å². The monoisotopic (exact) mass is 552 g/mol. The summed E-state index contributed by atoms with van der Waals surface area (Å²) in [5.41, 5.74) is 0.777. The van der Waals surface area contributed by atoms with Crippen molar-refractivity contribution in [3.05, 3.63) is 45.8 Å². The Kier molecular flexibility index (Phi) is 8.83. The Balaban J connectivity index is 1.60. The predicted molar refractivity (Wildman–Crippen MR) is 146 cm³/mol. The van der Waals surface area contributed by atoms with Crippen molar-refractivity contribution in [2.75, 3.05) is 31.1 Å². The number of anilines is 1. The van der Waals surface area contributed by atoms with Gasteiger partial charge in [0.1, 0.15) is 5.69 Å². The third-order valence-electron chi connectivity index (χ3n) is 6.87. The van der Waals surface area contributed by atoms with Crippen molar-refractivity contribution < 1.29 is 17.9 Å². The molecule has 1 aliphatic carbocycles. The molecule has 1 aromatic carbocycles. The first-order chi connectivity index (χ1) is 17.6. The van der Waals surface area contributed by atoms with Crippen molar-refractivity contribution >= 4 is 27.3 Å². The first-order valence-electron chi connectivity index (χ1n) is 13.0. The van der Waals surface area contributed by atoms with Crippen molar-refractivity contribution in [1.82, 2.24) is 14.1 Å². The second-order valence-electron chi connectivity index (χ2n) is 10.2. The van der Waals surface area contributed by atoms with Crippen LogP contribution in [0.5, 0.6) is 5.75 Å². The number of benzene rings is 1. The Morgan fingerprint density at radius 3 is 2.24 bits per heavy atom. The van der Waals surface area contributed by atoms with Gasteiger partial charge in [-0.3, -0.25) is 4.79 Å². The Morgan fingerprint density at radius 2 is 1.65 bits per heavy atom. The normalized spacial score (nSPS) is 21.5. The lowest BCUT2D eigenvalue weighted by Gasteiger charge is -2.37. The molecule has 0 N–H and O–H groups in total. The number of aromatic nitrogens is 2. The summed E-state index contributed by atoms with van der Waals surface area (Å²) < 4.78 is 40.5. The van der Waals surface area contributed by atoms with Crippen LogP contribution in [-0.4, -0.2) is 72.2 Å². The van der Waals surface area contributed by atoms with E-state index in [9.17, 15) is 13.2 Å². The molecule has 2 heterocycles. The van der Waals surface area contributed by atoms with Gasteiger partial charge in [0, 0.05) is 31.2 Å². The number of hydrogen-bond acceptors (Lipinski definition) is 7. The van der Waals surface area contributed by atoms with Crippen LogP contribution in [0.25, 0.3) is 5.69 Å². The number of rotatable bonds is 8. The van der Waals surface area contributed by atoms with Gasteiger partial charge in [-0.1, -0.05) is 17.7 Å². The van der Waals surface area contributed by atoms with Crippen LogP contribution in [0.3, 0.4) is 0 Å². The molecule has 1 aliphatic heterocycles. The van der Waals surface area contributed by atoms with Crippen molar-refractivity contribution in [2.24, 2.45) is 0 Å². The molecule has 2 aromatic rings. The standard InChI is InChI=1S/C26H37ClN4O5S/c1-18(2)35-22-8-10-23(11-9-22)36-25-24(29-12-14-30(15-13-29)37(33,34)19(3)4)17-28-31(26(25)32)21-7-5-6-20(27)16-21/h5-7,16-19,22-23H,8-15H2,1-4H3/t22-,23+. The molecular weight excluding hydrogens is 516 g/mol. The average molecular weight is 553 g/mol. The maximum absolute atomic E-state index is 13.7. The highest BCUT2D eigenvalue weighted by atomic mass is 35.5. The topological polar surface area (TPSA) is 94.0 Å². The van der Waals surface area contributed by atoms with Crippen LogP contribution >= 0.6 is 11.6 Å². The third-order valence-corrected chi connectivity index (χ3v) is 9.38. The summed E-state index contributed by atoms with van der Waals surface area (Å²) in [5.74, 6) is 0.239. The van der Waals surface area contributed by atoms with Gasteiger partial charge >= 0.3 is 5.56 Å². The minimum atomic E-state index is -3.34. The Morgan fingerprint density at radius 1 is 1.00 bits per heavy atom. The van der Waals surface area contributed by atoms with E-state index in [1.54, 1.807) is 44.3 Å². The second-order valence-corrected chi connectivity index (χ2v) is 13.2. The summed E-state index contributed by atoms with van der Waals surface area (Å²) in [6.45, 7) is 9.03. The third kappa shape index (κ3) is 6.47. The van der Waals surface area contributed by atoms with Gasteiger partial charge in [0.05, 0.1) is 35.4 Å². The number of halogens is 1. The minimum absolute atomic E-state index is 0.115. The first-order valence-corrected chi connectivity index (χ1v) is 14.9. The summed E-state index contributed by atoms with van der Waals surface area (Å²) in [6.07, 6.45) is 5.23. The lowest BCUT2D eigenvalue weighted by Crippen LogP contribution is -2.50. The summed E-state index contributed by atoms with van der Waals surface area (Å²) in [6, 6.07) is 6.96. The molecule has 0 amide bonds. The molecule has 0 radical (unpaired) electrons. The molecule has 2 fully saturated rings. The predicted octanol–water partition coefficient (Wildman–Crippen LogP) is 3.86. The Labute approximate surface area is 224 Å². The number of nitrogens with zero attached hydrogens (tertiary/aromatic N) is 4. The van der Waals surface area contributed by atoms with E-state index in [1.807, 2.05) is 18.7 Å². The molecule has 1 saturated carbocycles. The van der Waals surface area contributed by atoms with Gasteiger partial charge in [0.2, 0.25) is 15.8 Å². The van der Waals surface area contributed by atoms with Gasteiger partial charge in [-0.2, -0.15) is 14.1 Å². The van der Waals surface area contributed by atoms with E-state index in [0.717, 1.165) is 25.7 Å². The Hall–Kier alpha value is -2.14. The number of ether oxygens (including phenoxy) is 2. The zero-order valence-electron chi connectivity index (χ0n) is 22.0. The molecule has 11 heteroatoms. The number of piperazine rings is 1. The van der Waals surface area contributed by atoms with Crippen LogP contribution in [0.4, 0.5) is 5.69 Å². The van der Waals surface area contributed by atoms with Crippen LogP contribution in [0, 0.1) is 0 Å². The molecule has 0 spiro atoms. The van der Waals surface area contributed by atoms with Gasteiger partial charge in [-0.05, 0) is 71.6 Å². The maximum Gasteiger partial charge on any atom is 0.316 e. The largest absolute Gasteiger partial charge is 0.483 e. The fraction of sp³-hybridized carbons (Fsp3) is 0.615. The molecular formula is C26H37ClN4O5S. The summed E-state index contributed by atoms with van der Waals surface area (Å²) in [4.78, 5) is 15.7. The van der Waals surface area contributed by atoms with Crippen LogP contribution in [0.2, 0.25) is 5.02 Å². The first kappa shape index (κ1) is 27.9. The van der Waals surface area contributed by atoms with E-state index in [4.69, 9.17) is 21.1 Å². The van der Waals surface area contributed by atoms with Crippen molar-refractivity contribution in [3.8, 4) is 11.4 Å². The molecule has 0 atom stereocenters. The molecule has 37 heavy (non-hydrogen) atoms. The van der Waals surface area contributed by atoms with Crippen molar-refractivity contribution in [2.45, 2.75) is 76.9 Å². The van der Waals surface area contributed by atoms with E-state index < -0.39 is 15.3 Å². The van der Waals surface area contributed by atoms with E-state index in [-0.39, 0.29) is 29.6 Å². The molecule has 9 nitrogen and oxygen atoms in total. The molecule has 1 aromatic heterocycles. The fourth-order valence-electron chi connectivity index (χ4n) is 4.88. The maximum atomic E-state index is 13.7. The number of hydrogen-bond donors (Lipinski definition) is 0. The summed E-state index contributed by atoms with van der Waals surface area (Å²) in [5, 5.41) is 4.46. The molecule has 1 saturated heterocycles. The lowest BCUT2D eigenvalue weighted by atomic mass is 9.94. The molecule has 4 rings (SSSR count). The van der Waals surface area contributed by atoms with Crippen LogP contribution in [0.15, 0.2) is 35.3 Å². The highest BCUT2D eigenvalue weighted by Gasteiger charge is 2.32. The van der Waals surface area contributed by atoms with Gasteiger partial charge in [0.25, 0.3) is 0 Å². The van der Waals surface area contributed by atoms with Crippen molar-refractivity contribution in [1.29, 1.82) is 0 Å².